The van der Waals surface area contributed by atoms with Crippen LogP contribution in [0, 0.1) is 0 Å². The Morgan fingerprint density at radius 2 is 1.76 bits per heavy atom. The fraction of sp³-hybridized carbons (Fsp3) is 0.192. The van der Waals surface area contributed by atoms with E-state index in [1.807, 2.05) is 61.5 Å². The SMILES string of the molecule is CCc1ccccc1NC(=O)CC(=O)NN=Cc1cc(Br)c(OCc2ccccc2)c(OC)c1. The minimum absolute atomic E-state index is 0.339. The molecule has 176 valence electrons. The lowest BCUT2D eigenvalue weighted by molar-refractivity contribution is -0.126. The number of halogens is 1. The van der Waals surface area contributed by atoms with Crippen molar-refractivity contribution >= 4 is 39.6 Å². The molecule has 0 atom stereocenters. The number of nitrogens with one attached hydrogen (secondary N) is 2. The molecule has 0 bridgehead atoms. The van der Waals surface area contributed by atoms with Crippen molar-refractivity contribution < 1.29 is 19.1 Å². The molecule has 7 nitrogen and oxygen atoms in total. The lowest BCUT2D eigenvalue weighted by Crippen LogP contribution is -2.25. The Morgan fingerprint density at radius 1 is 1.03 bits per heavy atom. The number of aryl methyl sites for hydroxylation is 1. The maximum atomic E-state index is 12.2. The summed E-state index contributed by atoms with van der Waals surface area (Å²) in [4.78, 5) is 24.3. The summed E-state index contributed by atoms with van der Waals surface area (Å²) in [5, 5.41) is 6.72. The molecule has 0 aliphatic heterocycles. The van der Waals surface area contributed by atoms with E-state index in [9.17, 15) is 9.59 Å². The van der Waals surface area contributed by atoms with Gasteiger partial charge in [0.05, 0.1) is 17.8 Å². The van der Waals surface area contributed by atoms with Gasteiger partial charge in [0.15, 0.2) is 11.5 Å². The topological polar surface area (TPSA) is 89.0 Å². The monoisotopic (exact) mass is 523 g/mol. The molecule has 0 aromatic heterocycles. The highest BCUT2D eigenvalue weighted by molar-refractivity contribution is 9.10. The Hall–Kier alpha value is -3.65. The van der Waals surface area contributed by atoms with Crippen LogP contribution in [0.4, 0.5) is 5.69 Å². The molecule has 0 unspecified atom stereocenters. The number of carbonyl (C=O) groups excluding carboxylic acids is 2. The van der Waals surface area contributed by atoms with Crippen molar-refractivity contribution in [2.24, 2.45) is 5.10 Å². The summed E-state index contributed by atoms with van der Waals surface area (Å²) >= 11 is 3.50. The number of methoxy groups -OCH3 is 1. The average molecular weight is 524 g/mol. The summed E-state index contributed by atoms with van der Waals surface area (Å²) in [6.07, 6.45) is 1.91. The van der Waals surface area contributed by atoms with Crippen LogP contribution >= 0.6 is 15.9 Å². The summed E-state index contributed by atoms with van der Waals surface area (Å²) in [5.74, 6) is 0.165. The van der Waals surface area contributed by atoms with E-state index in [0.717, 1.165) is 17.5 Å². The Kier molecular flexibility index (Phi) is 9.22. The van der Waals surface area contributed by atoms with Crippen LogP contribution in [0.1, 0.15) is 30.0 Å². The molecule has 2 N–H and O–H groups in total. The fourth-order valence-corrected chi connectivity index (χ4v) is 3.77. The molecule has 2 amide bonds. The first kappa shape index (κ1) is 25.0. The number of ether oxygens (including phenoxy) is 2. The average Bonchev–Trinajstić information content (AvgIpc) is 2.84. The van der Waals surface area contributed by atoms with E-state index in [0.29, 0.717) is 33.8 Å². The van der Waals surface area contributed by atoms with Crippen molar-refractivity contribution in [1.29, 1.82) is 0 Å². The maximum absolute atomic E-state index is 12.2. The standard InChI is InChI=1S/C26H26BrN3O4/c1-3-20-11-7-8-12-22(20)29-24(31)15-25(32)30-28-16-19-13-21(27)26(23(14-19)33-2)34-17-18-9-5-4-6-10-18/h4-14,16H,3,15,17H2,1-2H3,(H,29,31)(H,30,32). The highest BCUT2D eigenvalue weighted by Crippen LogP contribution is 2.36. The number of benzene rings is 3. The van der Waals surface area contributed by atoms with Crippen LogP contribution in [0.5, 0.6) is 11.5 Å². The van der Waals surface area contributed by atoms with Crippen molar-refractivity contribution in [3.05, 3.63) is 87.9 Å². The van der Waals surface area contributed by atoms with Crippen LogP contribution in [0.2, 0.25) is 0 Å². The van der Waals surface area contributed by atoms with Crippen LogP contribution in [0.25, 0.3) is 0 Å². The van der Waals surface area contributed by atoms with Gasteiger partial charge in [0.2, 0.25) is 11.8 Å². The van der Waals surface area contributed by atoms with E-state index >= 15 is 0 Å². The largest absolute Gasteiger partial charge is 0.493 e. The van der Waals surface area contributed by atoms with E-state index in [4.69, 9.17) is 9.47 Å². The first-order chi connectivity index (χ1) is 16.5. The van der Waals surface area contributed by atoms with Gasteiger partial charge in [-0.3, -0.25) is 9.59 Å². The quantitative estimate of drug-likeness (QED) is 0.220. The summed E-state index contributed by atoms with van der Waals surface area (Å²) in [6, 6.07) is 20.8. The molecule has 0 aliphatic carbocycles. The molecule has 8 heteroatoms. The van der Waals surface area contributed by atoms with Gasteiger partial charge in [-0.1, -0.05) is 55.5 Å². The van der Waals surface area contributed by atoms with Gasteiger partial charge in [-0.05, 0) is 57.2 Å². The number of para-hydroxylation sites is 1. The van der Waals surface area contributed by atoms with Crippen molar-refractivity contribution in [2.45, 2.75) is 26.4 Å². The summed E-state index contributed by atoms with van der Waals surface area (Å²) in [6.45, 7) is 2.39. The second-order valence-corrected chi connectivity index (χ2v) is 8.19. The zero-order valence-corrected chi connectivity index (χ0v) is 20.6. The van der Waals surface area contributed by atoms with Gasteiger partial charge in [-0.25, -0.2) is 5.43 Å². The van der Waals surface area contributed by atoms with Gasteiger partial charge in [-0.2, -0.15) is 5.10 Å². The van der Waals surface area contributed by atoms with Gasteiger partial charge in [0.25, 0.3) is 0 Å². The lowest BCUT2D eigenvalue weighted by atomic mass is 10.1. The summed E-state index contributed by atoms with van der Waals surface area (Å²) in [5.41, 5.74) is 5.80. The predicted octanol–water partition coefficient (Wildman–Crippen LogP) is 5.08. The summed E-state index contributed by atoms with van der Waals surface area (Å²) in [7, 11) is 1.55. The number of rotatable bonds is 10. The second kappa shape index (κ2) is 12.6. The number of hydrogen-bond acceptors (Lipinski definition) is 5. The molecular weight excluding hydrogens is 498 g/mol. The lowest BCUT2D eigenvalue weighted by Gasteiger charge is -2.13. The minimum Gasteiger partial charge on any atom is -0.493 e. The fourth-order valence-electron chi connectivity index (χ4n) is 3.19. The van der Waals surface area contributed by atoms with Crippen molar-refractivity contribution in [1.82, 2.24) is 5.43 Å². The number of nitrogens with zero attached hydrogens (tertiary/aromatic N) is 1. The molecule has 0 spiro atoms. The van der Waals surface area contributed by atoms with Gasteiger partial charge in [-0.15, -0.1) is 0 Å². The molecule has 0 saturated carbocycles. The molecular formula is C26H26BrN3O4. The molecule has 0 radical (unpaired) electrons. The molecule has 3 aromatic rings. The molecule has 0 heterocycles. The molecule has 3 aromatic carbocycles. The van der Waals surface area contributed by atoms with E-state index < -0.39 is 11.8 Å². The Morgan fingerprint density at radius 3 is 2.50 bits per heavy atom. The molecule has 0 fully saturated rings. The number of carbonyl (C=O) groups is 2. The Balaban J connectivity index is 1.56. The highest BCUT2D eigenvalue weighted by atomic mass is 79.9. The third-order valence-corrected chi connectivity index (χ3v) is 5.46. The highest BCUT2D eigenvalue weighted by Gasteiger charge is 2.13. The van der Waals surface area contributed by atoms with Gasteiger partial charge in [0.1, 0.15) is 13.0 Å². The second-order valence-electron chi connectivity index (χ2n) is 7.34. The maximum Gasteiger partial charge on any atom is 0.249 e. The van der Waals surface area contributed by atoms with Gasteiger partial charge >= 0.3 is 0 Å². The summed E-state index contributed by atoms with van der Waals surface area (Å²) < 4.78 is 12.1. The van der Waals surface area contributed by atoms with Crippen molar-refractivity contribution in [3.8, 4) is 11.5 Å². The smallest absolute Gasteiger partial charge is 0.249 e. The minimum atomic E-state index is -0.517. The normalized spacial score (nSPS) is 10.7. The first-order valence-corrected chi connectivity index (χ1v) is 11.5. The van der Waals surface area contributed by atoms with Gasteiger partial charge < -0.3 is 14.8 Å². The number of hydrazone groups is 1. The van der Waals surface area contributed by atoms with E-state index in [2.05, 4.69) is 31.8 Å². The van der Waals surface area contributed by atoms with Gasteiger partial charge in [0, 0.05) is 5.69 Å². The van der Waals surface area contributed by atoms with Crippen LogP contribution in [0.3, 0.4) is 0 Å². The predicted molar refractivity (Wildman–Crippen MR) is 136 cm³/mol. The molecule has 3 rings (SSSR count). The number of anilines is 1. The Bertz CT molecular complexity index is 1170. The van der Waals surface area contributed by atoms with Crippen molar-refractivity contribution in [2.75, 3.05) is 12.4 Å². The van der Waals surface area contributed by atoms with Crippen LogP contribution < -0.4 is 20.2 Å². The molecule has 34 heavy (non-hydrogen) atoms. The van der Waals surface area contributed by atoms with Crippen LogP contribution in [0.15, 0.2) is 76.3 Å². The molecule has 0 saturated heterocycles. The van der Waals surface area contributed by atoms with Crippen molar-refractivity contribution in [3.63, 3.8) is 0 Å². The first-order valence-electron chi connectivity index (χ1n) is 10.7. The van der Waals surface area contributed by atoms with Crippen LogP contribution in [-0.4, -0.2) is 25.1 Å². The number of hydrogen-bond donors (Lipinski definition) is 2. The van der Waals surface area contributed by atoms with E-state index in [1.165, 1.54) is 6.21 Å². The third-order valence-electron chi connectivity index (χ3n) is 4.87. The zero-order chi connectivity index (χ0) is 24.3. The van der Waals surface area contributed by atoms with E-state index in [-0.39, 0.29) is 6.42 Å². The van der Waals surface area contributed by atoms with E-state index in [1.54, 1.807) is 19.2 Å². The molecule has 0 aliphatic rings. The zero-order valence-electron chi connectivity index (χ0n) is 19.0. The Labute approximate surface area is 207 Å². The third kappa shape index (κ3) is 7.18. The number of amides is 2. The van der Waals surface area contributed by atoms with Crippen LogP contribution in [-0.2, 0) is 22.6 Å².